The third kappa shape index (κ3) is 2.17. The summed E-state index contributed by atoms with van der Waals surface area (Å²) in [5.41, 5.74) is 8.71. The molecule has 2 N–H and O–H groups in total. The standard InChI is InChI=1S/C14H17BrN2O/c1-4-14(2,3)12-11(13(16)18-17-12)9-7-5-6-8-10(9)15/h5-8H,4,16H2,1-3H3. The summed E-state index contributed by atoms with van der Waals surface area (Å²) in [4.78, 5) is 0. The van der Waals surface area contributed by atoms with Gasteiger partial charge in [0.15, 0.2) is 0 Å². The summed E-state index contributed by atoms with van der Waals surface area (Å²) < 4.78 is 6.19. The molecule has 0 radical (unpaired) electrons. The molecule has 0 aliphatic carbocycles. The SMILES string of the molecule is CCC(C)(C)c1noc(N)c1-c1ccccc1Br. The van der Waals surface area contributed by atoms with Crippen LogP contribution in [0.2, 0.25) is 0 Å². The van der Waals surface area contributed by atoms with Crippen molar-refractivity contribution in [2.75, 3.05) is 5.73 Å². The van der Waals surface area contributed by atoms with Gasteiger partial charge >= 0.3 is 0 Å². The summed E-state index contributed by atoms with van der Waals surface area (Å²) in [7, 11) is 0. The predicted molar refractivity (Wildman–Crippen MR) is 77.4 cm³/mol. The Labute approximate surface area is 115 Å². The zero-order chi connectivity index (χ0) is 13.3. The van der Waals surface area contributed by atoms with Gasteiger partial charge in [-0.2, -0.15) is 0 Å². The lowest BCUT2D eigenvalue weighted by atomic mass is 9.83. The first-order valence-corrected chi connectivity index (χ1v) is 6.77. The minimum atomic E-state index is -0.0638. The summed E-state index contributed by atoms with van der Waals surface area (Å²) in [5, 5.41) is 4.15. The van der Waals surface area contributed by atoms with Gasteiger partial charge in [0.05, 0.1) is 11.3 Å². The van der Waals surface area contributed by atoms with E-state index in [2.05, 4.69) is 41.9 Å². The van der Waals surface area contributed by atoms with Crippen LogP contribution in [0.5, 0.6) is 0 Å². The van der Waals surface area contributed by atoms with Crippen molar-refractivity contribution in [3.8, 4) is 11.1 Å². The predicted octanol–water partition coefficient (Wildman–Crippen LogP) is 4.37. The van der Waals surface area contributed by atoms with E-state index >= 15 is 0 Å². The minimum Gasteiger partial charge on any atom is -0.367 e. The molecule has 3 nitrogen and oxygen atoms in total. The van der Waals surface area contributed by atoms with Crippen molar-refractivity contribution in [2.24, 2.45) is 0 Å². The molecule has 0 amide bonds. The van der Waals surface area contributed by atoms with Gasteiger partial charge in [0.2, 0.25) is 5.88 Å². The Morgan fingerprint density at radius 1 is 1.33 bits per heavy atom. The molecule has 0 saturated heterocycles. The summed E-state index contributed by atoms with van der Waals surface area (Å²) in [6, 6.07) is 7.96. The van der Waals surface area contributed by atoms with E-state index < -0.39 is 0 Å². The van der Waals surface area contributed by atoms with Crippen molar-refractivity contribution in [1.82, 2.24) is 5.16 Å². The Kier molecular flexibility index (Phi) is 3.48. The van der Waals surface area contributed by atoms with Crippen molar-refractivity contribution in [3.63, 3.8) is 0 Å². The van der Waals surface area contributed by atoms with Gasteiger partial charge in [-0.15, -0.1) is 0 Å². The van der Waals surface area contributed by atoms with Gasteiger partial charge in [0, 0.05) is 15.5 Å². The normalized spacial score (nSPS) is 11.8. The number of benzene rings is 1. The number of hydrogen-bond donors (Lipinski definition) is 1. The zero-order valence-electron chi connectivity index (χ0n) is 10.8. The molecule has 0 spiro atoms. The minimum absolute atomic E-state index is 0.0638. The molecule has 1 aromatic carbocycles. The second-order valence-electron chi connectivity index (χ2n) is 4.99. The van der Waals surface area contributed by atoms with Crippen LogP contribution in [-0.4, -0.2) is 5.16 Å². The van der Waals surface area contributed by atoms with E-state index in [9.17, 15) is 0 Å². The maximum Gasteiger partial charge on any atom is 0.230 e. The molecule has 1 aromatic heterocycles. The van der Waals surface area contributed by atoms with E-state index in [0.29, 0.717) is 5.88 Å². The second kappa shape index (κ2) is 4.76. The lowest BCUT2D eigenvalue weighted by Gasteiger charge is -2.21. The number of aromatic nitrogens is 1. The van der Waals surface area contributed by atoms with Crippen LogP contribution in [0.3, 0.4) is 0 Å². The summed E-state index contributed by atoms with van der Waals surface area (Å²) in [6.07, 6.45) is 0.969. The highest BCUT2D eigenvalue weighted by Gasteiger charge is 2.29. The molecule has 0 aliphatic heterocycles. The molecular weight excluding hydrogens is 292 g/mol. The van der Waals surface area contributed by atoms with Crippen molar-refractivity contribution < 1.29 is 4.52 Å². The van der Waals surface area contributed by atoms with Crippen LogP contribution in [0.25, 0.3) is 11.1 Å². The lowest BCUT2D eigenvalue weighted by Crippen LogP contribution is -2.17. The number of nitrogens with two attached hydrogens (primary N) is 1. The molecule has 2 aromatic rings. The summed E-state index contributed by atoms with van der Waals surface area (Å²) in [5.74, 6) is 0.374. The molecule has 96 valence electrons. The van der Waals surface area contributed by atoms with Crippen molar-refractivity contribution >= 4 is 21.8 Å². The van der Waals surface area contributed by atoms with E-state index in [1.165, 1.54) is 0 Å². The van der Waals surface area contributed by atoms with Crippen molar-refractivity contribution in [1.29, 1.82) is 0 Å². The Balaban J connectivity index is 2.65. The lowest BCUT2D eigenvalue weighted by molar-refractivity contribution is 0.391. The monoisotopic (exact) mass is 308 g/mol. The number of nitrogen functional groups attached to an aromatic ring is 1. The van der Waals surface area contributed by atoms with Crippen LogP contribution in [0.15, 0.2) is 33.3 Å². The summed E-state index contributed by atoms with van der Waals surface area (Å²) in [6.45, 7) is 6.42. The highest BCUT2D eigenvalue weighted by Crippen LogP contribution is 2.40. The third-order valence-electron chi connectivity index (χ3n) is 3.39. The topological polar surface area (TPSA) is 52.0 Å². The van der Waals surface area contributed by atoms with Gasteiger partial charge < -0.3 is 10.3 Å². The molecule has 0 atom stereocenters. The fourth-order valence-electron chi connectivity index (χ4n) is 1.86. The van der Waals surface area contributed by atoms with E-state index in [0.717, 1.165) is 27.7 Å². The number of hydrogen-bond acceptors (Lipinski definition) is 3. The molecule has 0 aliphatic rings. The Bertz CT molecular complexity index is 561. The van der Waals surface area contributed by atoms with Gasteiger partial charge in [-0.3, -0.25) is 0 Å². The first-order valence-electron chi connectivity index (χ1n) is 5.98. The number of anilines is 1. The molecule has 18 heavy (non-hydrogen) atoms. The Morgan fingerprint density at radius 3 is 2.61 bits per heavy atom. The Hall–Kier alpha value is -1.29. The van der Waals surface area contributed by atoms with Gasteiger partial charge in [-0.05, 0) is 12.5 Å². The molecule has 0 bridgehead atoms. The van der Waals surface area contributed by atoms with E-state index in [-0.39, 0.29) is 5.41 Å². The fourth-order valence-corrected chi connectivity index (χ4v) is 2.34. The second-order valence-corrected chi connectivity index (χ2v) is 5.84. The maximum absolute atomic E-state index is 5.94. The van der Waals surface area contributed by atoms with Crippen LogP contribution in [0.1, 0.15) is 32.9 Å². The van der Waals surface area contributed by atoms with Crippen molar-refractivity contribution in [3.05, 3.63) is 34.4 Å². The molecule has 2 rings (SSSR count). The average Bonchev–Trinajstić information content (AvgIpc) is 2.72. The highest BCUT2D eigenvalue weighted by molar-refractivity contribution is 9.10. The molecule has 0 fully saturated rings. The van der Waals surface area contributed by atoms with Crippen LogP contribution in [0.4, 0.5) is 5.88 Å². The Morgan fingerprint density at radius 2 is 2.00 bits per heavy atom. The molecule has 4 heteroatoms. The largest absolute Gasteiger partial charge is 0.367 e. The fraction of sp³-hybridized carbons (Fsp3) is 0.357. The van der Waals surface area contributed by atoms with Crippen LogP contribution < -0.4 is 5.73 Å². The van der Waals surface area contributed by atoms with Gasteiger partial charge in [-0.1, -0.05) is 60.1 Å². The van der Waals surface area contributed by atoms with Crippen LogP contribution >= 0.6 is 15.9 Å². The van der Waals surface area contributed by atoms with Gasteiger partial charge in [0.25, 0.3) is 0 Å². The third-order valence-corrected chi connectivity index (χ3v) is 4.08. The van der Waals surface area contributed by atoms with Gasteiger partial charge in [-0.25, -0.2) is 0 Å². The number of rotatable bonds is 3. The average molecular weight is 309 g/mol. The smallest absolute Gasteiger partial charge is 0.230 e. The van der Waals surface area contributed by atoms with E-state index in [1.54, 1.807) is 0 Å². The van der Waals surface area contributed by atoms with E-state index in [1.807, 2.05) is 24.3 Å². The quantitative estimate of drug-likeness (QED) is 0.915. The number of nitrogens with zero attached hydrogens (tertiary/aromatic N) is 1. The summed E-state index contributed by atoms with van der Waals surface area (Å²) >= 11 is 3.55. The molecule has 0 unspecified atom stereocenters. The van der Waals surface area contributed by atoms with Crippen LogP contribution in [0, 0.1) is 0 Å². The highest BCUT2D eigenvalue weighted by atomic mass is 79.9. The van der Waals surface area contributed by atoms with E-state index in [4.69, 9.17) is 10.3 Å². The van der Waals surface area contributed by atoms with Gasteiger partial charge in [0.1, 0.15) is 0 Å². The first-order chi connectivity index (χ1) is 8.47. The first kappa shape index (κ1) is 13.1. The number of halogens is 1. The zero-order valence-corrected chi connectivity index (χ0v) is 12.4. The molecule has 0 saturated carbocycles. The van der Waals surface area contributed by atoms with Crippen LogP contribution in [-0.2, 0) is 5.41 Å². The molecule has 1 heterocycles. The maximum atomic E-state index is 5.94. The van der Waals surface area contributed by atoms with Crippen molar-refractivity contribution in [2.45, 2.75) is 32.6 Å². The molecular formula is C14H17BrN2O.